The molecule has 0 unspecified atom stereocenters. The SMILES string of the molecule is C[C@]12CC[C@H](N3CCCC3)C[C@H]1CC[C@@H]1[C@@H]2CC[C@]2(C)[C@@H](C3=CC(=O)OC3)CC[C@]12O. The van der Waals surface area contributed by atoms with Gasteiger partial charge in [-0.15, -0.1) is 0 Å². The van der Waals surface area contributed by atoms with Crippen LogP contribution in [0.1, 0.15) is 84.5 Å². The highest BCUT2D eigenvalue weighted by atomic mass is 16.5. The minimum atomic E-state index is -0.577. The second kappa shape index (κ2) is 7.06. The zero-order valence-electron chi connectivity index (χ0n) is 19.6. The summed E-state index contributed by atoms with van der Waals surface area (Å²) in [6, 6.07) is 0.816. The summed E-state index contributed by atoms with van der Waals surface area (Å²) in [5.41, 5.74) is 0.865. The lowest BCUT2D eigenvalue weighted by atomic mass is 9.43. The molecule has 5 fully saturated rings. The molecular weight excluding hydrogens is 386 g/mol. The summed E-state index contributed by atoms with van der Waals surface area (Å²) in [5, 5.41) is 12.3. The van der Waals surface area contributed by atoms with Gasteiger partial charge in [0.05, 0.1) is 5.60 Å². The van der Waals surface area contributed by atoms with Crippen LogP contribution in [0.4, 0.5) is 0 Å². The molecule has 1 N–H and O–H groups in total. The summed E-state index contributed by atoms with van der Waals surface area (Å²) in [6.07, 6.45) is 15.4. The minimum Gasteiger partial charge on any atom is -0.458 e. The van der Waals surface area contributed by atoms with Crippen LogP contribution >= 0.6 is 0 Å². The van der Waals surface area contributed by atoms with E-state index < -0.39 is 5.60 Å². The molecule has 4 saturated carbocycles. The van der Waals surface area contributed by atoms with Gasteiger partial charge >= 0.3 is 5.97 Å². The smallest absolute Gasteiger partial charge is 0.331 e. The fraction of sp³-hybridized carbons (Fsp3) is 0.889. The highest BCUT2D eigenvalue weighted by Crippen LogP contribution is 2.70. The molecule has 0 bridgehead atoms. The molecule has 0 aromatic heterocycles. The van der Waals surface area contributed by atoms with E-state index in [0.717, 1.165) is 36.8 Å². The third-order valence-corrected chi connectivity index (χ3v) is 11.6. The molecule has 0 radical (unpaired) electrons. The van der Waals surface area contributed by atoms with Gasteiger partial charge in [0.25, 0.3) is 0 Å². The Hall–Kier alpha value is -0.870. The van der Waals surface area contributed by atoms with Gasteiger partial charge < -0.3 is 14.7 Å². The molecular formula is C27H41NO3. The Morgan fingerprint density at radius 1 is 1.00 bits per heavy atom. The van der Waals surface area contributed by atoms with Crippen LogP contribution in [0.25, 0.3) is 0 Å². The van der Waals surface area contributed by atoms with Crippen molar-refractivity contribution >= 4 is 5.97 Å². The van der Waals surface area contributed by atoms with Crippen molar-refractivity contribution in [3.63, 3.8) is 0 Å². The third-order valence-electron chi connectivity index (χ3n) is 11.6. The number of hydrogen-bond donors (Lipinski definition) is 1. The Morgan fingerprint density at radius 2 is 1.81 bits per heavy atom. The summed E-state index contributed by atoms with van der Waals surface area (Å²) in [5.74, 6) is 2.05. The van der Waals surface area contributed by atoms with Gasteiger partial charge in [0, 0.05) is 17.5 Å². The first-order valence-corrected chi connectivity index (χ1v) is 13.2. The number of nitrogens with zero attached hydrogens (tertiary/aromatic N) is 1. The first-order valence-electron chi connectivity index (χ1n) is 13.2. The van der Waals surface area contributed by atoms with Crippen LogP contribution in [0.3, 0.4) is 0 Å². The lowest BCUT2D eigenvalue weighted by molar-refractivity contribution is -0.206. The maximum Gasteiger partial charge on any atom is 0.331 e. The lowest BCUT2D eigenvalue weighted by Crippen LogP contribution is -2.62. The van der Waals surface area contributed by atoms with Crippen LogP contribution in [0.5, 0.6) is 0 Å². The summed E-state index contributed by atoms with van der Waals surface area (Å²) < 4.78 is 5.26. The quantitative estimate of drug-likeness (QED) is 0.649. The van der Waals surface area contributed by atoms with Crippen LogP contribution in [0.15, 0.2) is 11.6 Å². The van der Waals surface area contributed by atoms with E-state index in [1.54, 1.807) is 6.08 Å². The van der Waals surface area contributed by atoms with E-state index in [1.807, 2.05) is 0 Å². The number of esters is 1. The van der Waals surface area contributed by atoms with Crippen molar-refractivity contribution in [1.82, 2.24) is 4.90 Å². The van der Waals surface area contributed by atoms with Crippen LogP contribution in [0.2, 0.25) is 0 Å². The van der Waals surface area contributed by atoms with E-state index in [4.69, 9.17) is 4.74 Å². The molecule has 0 aromatic rings. The Morgan fingerprint density at radius 3 is 2.55 bits per heavy atom. The Kier molecular flexibility index (Phi) is 4.72. The van der Waals surface area contributed by atoms with Crippen LogP contribution < -0.4 is 0 Å². The van der Waals surface area contributed by atoms with E-state index >= 15 is 0 Å². The van der Waals surface area contributed by atoms with Crippen molar-refractivity contribution in [2.24, 2.45) is 34.5 Å². The topological polar surface area (TPSA) is 49.8 Å². The number of aliphatic hydroxyl groups is 1. The summed E-state index contributed by atoms with van der Waals surface area (Å²) in [7, 11) is 0. The molecule has 4 heteroatoms. The van der Waals surface area contributed by atoms with E-state index in [2.05, 4.69) is 18.7 Å². The molecule has 1 saturated heterocycles. The number of fused-ring (bicyclic) bond motifs is 5. The van der Waals surface area contributed by atoms with Crippen molar-refractivity contribution in [3.8, 4) is 0 Å². The number of rotatable bonds is 2. The predicted molar refractivity (Wildman–Crippen MR) is 120 cm³/mol. The van der Waals surface area contributed by atoms with Crippen molar-refractivity contribution in [1.29, 1.82) is 0 Å². The van der Waals surface area contributed by atoms with Crippen molar-refractivity contribution in [2.75, 3.05) is 19.7 Å². The average molecular weight is 428 g/mol. The van der Waals surface area contributed by atoms with Crippen molar-refractivity contribution < 1.29 is 14.6 Å². The van der Waals surface area contributed by atoms with E-state index in [0.29, 0.717) is 29.8 Å². The zero-order valence-corrected chi connectivity index (χ0v) is 19.6. The van der Waals surface area contributed by atoms with Gasteiger partial charge in [0.15, 0.2) is 0 Å². The highest BCUT2D eigenvalue weighted by Gasteiger charge is 2.67. The number of likely N-dealkylation sites (tertiary alicyclic amines) is 1. The van der Waals surface area contributed by atoms with Crippen LogP contribution in [-0.2, 0) is 9.53 Å². The fourth-order valence-electron chi connectivity index (χ4n) is 9.83. The summed E-state index contributed by atoms with van der Waals surface area (Å²) in [6.45, 7) is 8.02. The number of hydrogen-bond acceptors (Lipinski definition) is 4. The van der Waals surface area contributed by atoms with Gasteiger partial charge in [-0.2, -0.15) is 0 Å². The molecule has 0 spiro atoms. The van der Waals surface area contributed by atoms with Gasteiger partial charge in [-0.1, -0.05) is 13.8 Å². The number of carbonyl (C=O) groups excluding carboxylic acids is 1. The van der Waals surface area contributed by atoms with Gasteiger partial charge in [-0.25, -0.2) is 4.79 Å². The van der Waals surface area contributed by atoms with Crippen LogP contribution in [0, 0.1) is 34.5 Å². The summed E-state index contributed by atoms with van der Waals surface area (Å²) >= 11 is 0. The molecule has 31 heavy (non-hydrogen) atoms. The molecule has 2 aliphatic heterocycles. The predicted octanol–water partition coefficient (Wildman–Crippen LogP) is 4.71. The largest absolute Gasteiger partial charge is 0.458 e. The fourth-order valence-corrected chi connectivity index (χ4v) is 9.83. The van der Waals surface area contributed by atoms with Gasteiger partial charge in [-0.05, 0) is 118 Å². The first-order chi connectivity index (χ1) is 14.8. The molecule has 0 aromatic carbocycles. The van der Waals surface area contributed by atoms with Gasteiger partial charge in [-0.3, -0.25) is 0 Å². The average Bonchev–Trinajstić information content (AvgIpc) is 3.47. The van der Waals surface area contributed by atoms with E-state index in [9.17, 15) is 9.90 Å². The second-order valence-electron chi connectivity index (χ2n) is 12.5. The Bertz CT molecular complexity index is 787. The van der Waals surface area contributed by atoms with E-state index in [1.165, 1.54) is 64.5 Å². The third kappa shape index (κ3) is 2.82. The van der Waals surface area contributed by atoms with E-state index in [-0.39, 0.29) is 11.4 Å². The number of cyclic esters (lactones) is 1. The molecule has 0 amide bonds. The minimum absolute atomic E-state index is 0.107. The normalized spacial score (nSPS) is 52.3. The zero-order chi connectivity index (χ0) is 21.4. The molecule has 6 rings (SSSR count). The number of ether oxygens (including phenoxy) is 1. The van der Waals surface area contributed by atoms with Gasteiger partial charge in [0.2, 0.25) is 0 Å². The molecule has 6 aliphatic rings. The number of carbonyl (C=O) groups is 1. The Labute approximate surface area is 187 Å². The summed E-state index contributed by atoms with van der Waals surface area (Å²) in [4.78, 5) is 14.5. The monoisotopic (exact) mass is 427 g/mol. The lowest BCUT2D eigenvalue weighted by Gasteiger charge is -2.64. The molecule has 172 valence electrons. The van der Waals surface area contributed by atoms with Crippen molar-refractivity contribution in [3.05, 3.63) is 11.6 Å². The highest BCUT2D eigenvalue weighted by molar-refractivity contribution is 5.85. The first kappa shape index (κ1) is 20.7. The second-order valence-corrected chi connectivity index (χ2v) is 12.5. The molecule has 4 aliphatic carbocycles. The molecule has 8 atom stereocenters. The molecule has 4 nitrogen and oxygen atoms in total. The van der Waals surface area contributed by atoms with Gasteiger partial charge in [0.1, 0.15) is 6.61 Å². The van der Waals surface area contributed by atoms with Crippen LogP contribution in [-0.4, -0.2) is 47.3 Å². The maximum absolute atomic E-state index is 12.3. The molecule has 2 heterocycles. The Balaban J connectivity index is 1.25. The maximum atomic E-state index is 12.3. The standard InChI is InChI=1S/C27H41NO3/c1-25-10-7-20(28-13-3-4-14-28)16-19(25)5-6-23-22(25)8-11-26(2)21(9-12-27(23,26)30)18-15-24(29)31-17-18/h15,19-23,30H,3-14,16-17H2,1-2H3/t19-,20+,21-,22+,23-,25+,26-,27+/m1/s1. The van der Waals surface area contributed by atoms with Crippen molar-refractivity contribution in [2.45, 2.75) is 96.1 Å².